The summed E-state index contributed by atoms with van der Waals surface area (Å²) in [6.45, 7) is 4.11. The molecule has 0 spiro atoms. The van der Waals surface area contributed by atoms with Gasteiger partial charge in [-0.05, 0) is 37.7 Å². The summed E-state index contributed by atoms with van der Waals surface area (Å²) >= 11 is 0. The molecule has 0 heterocycles. The molecule has 1 aromatic carbocycles. The molecule has 1 unspecified atom stereocenters. The van der Waals surface area contributed by atoms with E-state index >= 15 is 0 Å². The Labute approximate surface area is 123 Å². The van der Waals surface area contributed by atoms with Crippen molar-refractivity contribution in [3.05, 3.63) is 34.9 Å². The number of benzene rings is 1. The van der Waals surface area contributed by atoms with E-state index in [4.69, 9.17) is 4.74 Å². The third-order valence-corrected chi connectivity index (χ3v) is 5.37. The first-order valence-corrected chi connectivity index (χ1v) is 8.40. The number of hydrogen-bond acceptors (Lipinski definition) is 3. The van der Waals surface area contributed by atoms with Crippen molar-refractivity contribution in [1.82, 2.24) is 0 Å². The number of ether oxygens (including phenoxy) is 1. The van der Waals surface area contributed by atoms with E-state index in [1.54, 1.807) is 0 Å². The van der Waals surface area contributed by atoms with E-state index in [1.807, 2.05) is 0 Å². The van der Waals surface area contributed by atoms with Crippen molar-refractivity contribution in [1.29, 1.82) is 0 Å². The van der Waals surface area contributed by atoms with E-state index in [9.17, 15) is 9.00 Å². The molecule has 2 rings (SSSR count). The highest BCUT2D eigenvalue weighted by Gasteiger charge is 2.45. The van der Waals surface area contributed by atoms with Crippen molar-refractivity contribution in [3.63, 3.8) is 0 Å². The Morgan fingerprint density at radius 2 is 1.85 bits per heavy atom. The van der Waals surface area contributed by atoms with Crippen LogP contribution in [-0.2, 0) is 26.1 Å². The minimum absolute atomic E-state index is 0.0587. The van der Waals surface area contributed by atoms with Crippen LogP contribution in [0.15, 0.2) is 18.2 Å². The summed E-state index contributed by atoms with van der Waals surface area (Å²) < 4.78 is 17.0. The lowest BCUT2D eigenvalue weighted by molar-refractivity contribution is -0.141. The van der Waals surface area contributed by atoms with Gasteiger partial charge in [-0.1, -0.05) is 29.3 Å². The summed E-state index contributed by atoms with van der Waals surface area (Å²) in [6, 6.07) is 6.29. The lowest BCUT2D eigenvalue weighted by Gasteiger charge is -2.13. The Morgan fingerprint density at radius 3 is 2.35 bits per heavy atom. The molecule has 0 bridgehead atoms. The SMILES string of the molecule is COC(=O)CC1(CS(=O)Cc2cc(C)cc(C)c2)CC1. The van der Waals surface area contributed by atoms with E-state index in [0.717, 1.165) is 18.4 Å². The summed E-state index contributed by atoms with van der Waals surface area (Å²) in [5.74, 6) is 0.992. The monoisotopic (exact) mass is 294 g/mol. The second-order valence-corrected chi connectivity index (χ2v) is 7.43. The molecule has 0 amide bonds. The van der Waals surface area contributed by atoms with Gasteiger partial charge in [-0.15, -0.1) is 0 Å². The van der Waals surface area contributed by atoms with Gasteiger partial charge >= 0.3 is 5.97 Å². The highest BCUT2D eigenvalue weighted by atomic mass is 32.2. The summed E-state index contributed by atoms with van der Waals surface area (Å²) in [5, 5.41) is 0. The smallest absolute Gasteiger partial charge is 0.306 e. The van der Waals surface area contributed by atoms with Crippen molar-refractivity contribution in [3.8, 4) is 0 Å². The number of rotatable bonds is 6. The van der Waals surface area contributed by atoms with Crippen LogP contribution in [0.4, 0.5) is 0 Å². The highest BCUT2D eigenvalue weighted by Crippen LogP contribution is 2.49. The molecule has 1 saturated carbocycles. The average Bonchev–Trinajstić information content (AvgIpc) is 3.06. The van der Waals surface area contributed by atoms with E-state index in [-0.39, 0.29) is 11.4 Å². The maximum Gasteiger partial charge on any atom is 0.306 e. The van der Waals surface area contributed by atoms with Crippen LogP contribution in [0.2, 0.25) is 0 Å². The zero-order valence-corrected chi connectivity index (χ0v) is 13.2. The molecule has 110 valence electrons. The van der Waals surface area contributed by atoms with E-state index in [2.05, 4.69) is 32.0 Å². The lowest BCUT2D eigenvalue weighted by Crippen LogP contribution is -2.18. The number of esters is 1. The molecule has 0 aromatic heterocycles. The normalized spacial score (nSPS) is 17.6. The summed E-state index contributed by atoms with van der Waals surface area (Å²) in [5.41, 5.74) is 3.46. The van der Waals surface area contributed by atoms with Gasteiger partial charge in [0.25, 0.3) is 0 Å². The van der Waals surface area contributed by atoms with Gasteiger partial charge in [0.2, 0.25) is 0 Å². The maximum atomic E-state index is 12.3. The Kier molecular flexibility index (Phi) is 4.63. The third-order valence-electron chi connectivity index (χ3n) is 3.78. The molecular weight excluding hydrogens is 272 g/mol. The standard InChI is InChI=1S/C16H22O3S/c1-12-6-13(2)8-14(7-12)10-20(18)11-16(4-5-16)9-15(17)19-3/h6-8H,4-5,9-11H2,1-3H3. The van der Waals surface area contributed by atoms with Crippen LogP contribution in [0.1, 0.15) is 36.0 Å². The van der Waals surface area contributed by atoms with Crippen molar-refractivity contribution < 1.29 is 13.7 Å². The quantitative estimate of drug-likeness (QED) is 0.758. The van der Waals surface area contributed by atoms with E-state index < -0.39 is 10.8 Å². The number of carbonyl (C=O) groups excluding carboxylic acids is 1. The molecule has 1 aromatic rings. The van der Waals surface area contributed by atoms with Crippen molar-refractivity contribution in [2.45, 2.75) is 38.9 Å². The molecule has 0 radical (unpaired) electrons. The molecule has 3 nitrogen and oxygen atoms in total. The van der Waals surface area contributed by atoms with Gasteiger partial charge in [0, 0.05) is 22.3 Å². The molecular formula is C16H22O3S. The predicted molar refractivity (Wildman–Crippen MR) is 80.9 cm³/mol. The fourth-order valence-corrected chi connectivity index (χ4v) is 4.37. The van der Waals surface area contributed by atoms with Crippen LogP contribution in [-0.4, -0.2) is 23.0 Å². The van der Waals surface area contributed by atoms with Gasteiger partial charge < -0.3 is 4.74 Å². The number of carbonyl (C=O) groups is 1. The summed E-state index contributed by atoms with van der Waals surface area (Å²) in [7, 11) is 0.487. The van der Waals surface area contributed by atoms with Gasteiger partial charge in [-0.2, -0.15) is 0 Å². The first-order valence-electron chi connectivity index (χ1n) is 6.91. The molecule has 20 heavy (non-hydrogen) atoms. The Balaban J connectivity index is 1.94. The van der Waals surface area contributed by atoms with Crippen LogP contribution in [0, 0.1) is 19.3 Å². The molecule has 0 N–H and O–H groups in total. The predicted octanol–water partition coefficient (Wildman–Crippen LogP) is 2.90. The second-order valence-electron chi connectivity index (χ2n) is 5.98. The summed E-state index contributed by atoms with van der Waals surface area (Å²) in [4.78, 5) is 11.4. The molecule has 0 aliphatic heterocycles. The third kappa shape index (κ3) is 4.17. The van der Waals surface area contributed by atoms with Crippen LogP contribution in [0.3, 0.4) is 0 Å². The molecule has 1 aliphatic carbocycles. The zero-order valence-electron chi connectivity index (χ0n) is 12.4. The molecule has 0 saturated heterocycles. The molecule has 1 fully saturated rings. The maximum absolute atomic E-state index is 12.3. The minimum atomic E-state index is -0.921. The first-order chi connectivity index (χ1) is 9.42. The van der Waals surface area contributed by atoms with Gasteiger partial charge in [0.05, 0.1) is 13.5 Å². The topological polar surface area (TPSA) is 43.4 Å². The van der Waals surface area contributed by atoms with Gasteiger partial charge in [0.1, 0.15) is 0 Å². The van der Waals surface area contributed by atoms with Gasteiger partial charge in [0.15, 0.2) is 0 Å². The van der Waals surface area contributed by atoms with E-state index in [0.29, 0.717) is 17.9 Å². The first kappa shape index (κ1) is 15.2. The average molecular weight is 294 g/mol. The van der Waals surface area contributed by atoms with Crippen LogP contribution < -0.4 is 0 Å². The fourth-order valence-electron chi connectivity index (χ4n) is 2.66. The highest BCUT2D eigenvalue weighted by molar-refractivity contribution is 7.84. The van der Waals surface area contributed by atoms with Crippen LogP contribution in [0.5, 0.6) is 0 Å². The van der Waals surface area contributed by atoms with Crippen molar-refractivity contribution >= 4 is 16.8 Å². The lowest BCUT2D eigenvalue weighted by atomic mass is 10.1. The second kappa shape index (κ2) is 6.08. The van der Waals surface area contributed by atoms with E-state index in [1.165, 1.54) is 18.2 Å². The van der Waals surface area contributed by atoms with Crippen molar-refractivity contribution in [2.75, 3.05) is 12.9 Å². The number of aryl methyl sites for hydroxylation is 2. The number of methoxy groups -OCH3 is 1. The molecule has 1 aliphatic rings. The van der Waals surface area contributed by atoms with Crippen molar-refractivity contribution in [2.24, 2.45) is 5.41 Å². The minimum Gasteiger partial charge on any atom is -0.469 e. The largest absolute Gasteiger partial charge is 0.469 e. The molecule has 1 atom stereocenters. The number of hydrogen-bond donors (Lipinski definition) is 0. The summed E-state index contributed by atoms with van der Waals surface area (Å²) in [6.07, 6.45) is 2.38. The van der Waals surface area contributed by atoms with Crippen LogP contribution in [0.25, 0.3) is 0 Å². The Bertz CT molecular complexity index is 512. The zero-order chi connectivity index (χ0) is 14.8. The Hall–Kier alpha value is -1.16. The Morgan fingerprint density at radius 1 is 1.25 bits per heavy atom. The fraction of sp³-hybridized carbons (Fsp3) is 0.562. The van der Waals surface area contributed by atoms with Gasteiger partial charge in [-0.25, -0.2) is 0 Å². The van der Waals surface area contributed by atoms with Crippen LogP contribution >= 0.6 is 0 Å². The molecule has 4 heteroatoms. The van der Waals surface area contributed by atoms with Gasteiger partial charge in [-0.3, -0.25) is 9.00 Å².